The summed E-state index contributed by atoms with van der Waals surface area (Å²) in [6.07, 6.45) is 40.5. The van der Waals surface area contributed by atoms with Crippen LogP contribution in [-0.4, -0.2) is 0 Å². The van der Waals surface area contributed by atoms with Crippen molar-refractivity contribution in [1.82, 2.24) is 0 Å². The Hall–Kier alpha value is -1.56. The zero-order valence-corrected chi connectivity index (χ0v) is 32.6. The van der Waals surface area contributed by atoms with Gasteiger partial charge in [0.15, 0.2) is 0 Å². The van der Waals surface area contributed by atoms with Crippen molar-refractivity contribution in [1.29, 1.82) is 0 Å². The van der Waals surface area contributed by atoms with Crippen molar-refractivity contribution in [3.63, 3.8) is 0 Å². The molecule has 48 heavy (non-hydrogen) atoms. The molecule has 0 atom stereocenters. The molecule has 4 rings (SSSR count). The van der Waals surface area contributed by atoms with Gasteiger partial charge in [0.25, 0.3) is 0 Å². The van der Waals surface area contributed by atoms with Crippen molar-refractivity contribution in [2.45, 2.75) is 207 Å². The molecule has 0 saturated heterocycles. The second kappa shape index (κ2) is 23.0. The number of hydrogen-bond acceptors (Lipinski definition) is 0. The minimum absolute atomic E-state index is 0.953. The molecular weight excluding hydrogens is 577 g/mol. The quantitative estimate of drug-likeness (QED) is 0.105. The van der Waals surface area contributed by atoms with Gasteiger partial charge in [-0.25, -0.2) is 0 Å². The third-order valence-corrected chi connectivity index (χ3v) is 13.0. The molecule has 0 nitrogen and oxygen atoms in total. The number of unbranched alkanes of at least 4 members (excludes halogenated alkanes) is 12. The number of aryl methyl sites for hydroxylation is 4. The summed E-state index contributed by atoms with van der Waals surface area (Å²) in [4.78, 5) is 0. The predicted molar refractivity (Wildman–Crippen MR) is 214 cm³/mol. The van der Waals surface area contributed by atoms with Gasteiger partial charge in [-0.05, 0) is 96.6 Å². The fourth-order valence-electron chi connectivity index (χ4n) is 9.48. The smallest absolute Gasteiger partial charge is 0.0154 e. The summed E-state index contributed by atoms with van der Waals surface area (Å²) in [5, 5.41) is 0. The molecule has 0 bridgehead atoms. The van der Waals surface area contributed by atoms with Gasteiger partial charge in [-0.3, -0.25) is 0 Å². The summed E-state index contributed by atoms with van der Waals surface area (Å²) >= 11 is 0. The molecule has 0 heterocycles. The molecule has 2 fully saturated rings. The molecule has 0 amide bonds. The maximum atomic E-state index is 2.49. The first-order valence-corrected chi connectivity index (χ1v) is 21.7. The van der Waals surface area contributed by atoms with Crippen LogP contribution in [0.25, 0.3) is 11.1 Å². The minimum Gasteiger partial charge on any atom is -0.0654 e. The number of benzene rings is 2. The zero-order valence-electron chi connectivity index (χ0n) is 32.6. The topological polar surface area (TPSA) is 0 Å². The van der Waals surface area contributed by atoms with E-state index in [2.05, 4.69) is 64.1 Å². The van der Waals surface area contributed by atoms with Crippen LogP contribution < -0.4 is 0 Å². The van der Waals surface area contributed by atoms with Crippen molar-refractivity contribution in [3.8, 4) is 11.1 Å². The second-order valence-corrected chi connectivity index (χ2v) is 17.0. The first-order valence-electron chi connectivity index (χ1n) is 21.7. The molecule has 0 aliphatic heterocycles. The average molecular weight is 655 g/mol. The van der Waals surface area contributed by atoms with Crippen LogP contribution in [0.1, 0.15) is 203 Å². The molecule has 2 aliphatic rings. The van der Waals surface area contributed by atoms with E-state index < -0.39 is 0 Å². The molecule has 270 valence electrons. The molecule has 0 heteroatoms. The number of rotatable bonds is 23. The van der Waals surface area contributed by atoms with Crippen LogP contribution in [0.2, 0.25) is 0 Å². The van der Waals surface area contributed by atoms with Crippen molar-refractivity contribution in [2.75, 3.05) is 0 Å². The van der Waals surface area contributed by atoms with Crippen LogP contribution in [0.5, 0.6) is 0 Å². The molecule has 0 spiro atoms. The second-order valence-electron chi connectivity index (χ2n) is 17.0. The third kappa shape index (κ3) is 14.4. The lowest BCUT2D eigenvalue weighted by Crippen LogP contribution is -2.15. The Morgan fingerprint density at radius 2 is 0.896 bits per heavy atom. The lowest BCUT2D eigenvalue weighted by molar-refractivity contribution is 0.248. The molecule has 2 saturated carbocycles. The van der Waals surface area contributed by atoms with Gasteiger partial charge in [-0.1, -0.05) is 204 Å². The highest BCUT2D eigenvalue weighted by atomic mass is 14.3. The fraction of sp³-hybridized carbons (Fsp3) is 0.750. The normalized spacial score (nSPS) is 21.5. The van der Waals surface area contributed by atoms with Crippen LogP contribution in [0.15, 0.2) is 36.4 Å². The van der Waals surface area contributed by atoms with Crippen molar-refractivity contribution >= 4 is 0 Å². The van der Waals surface area contributed by atoms with Gasteiger partial charge in [-0.2, -0.15) is 0 Å². The highest BCUT2D eigenvalue weighted by Crippen LogP contribution is 2.36. The Balaban J connectivity index is 1.11. The largest absolute Gasteiger partial charge is 0.0654 e. The van der Waals surface area contributed by atoms with Crippen LogP contribution in [-0.2, 0) is 12.8 Å². The van der Waals surface area contributed by atoms with Gasteiger partial charge in [0.2, 0.25) is 0 Å². The fourth-order valence-corrected chi connectivity index (χ4v) is 9.48. The van der Waals surface area contributed by atoms with Gasteiger partial charge in [0, 0.05) is 0 Å². The monoisotopic (exact) mass is 655 g/mol. The Bertz CT molecular complexity index is 1110. The molecule has 0 unspecified atom stereocenters. The molecule has 0 N–H and O–H groups in total. The Labute approximate surface area is 300 Å². The summed E-state index contributed by atoms with van der Waals surface area (Å²) in [6, 6.07) is 14.7. The summed E-state index contributed by atoms with van der Waals surface area (Å²) in [5.41, 5.74) is 8.91. The maximum absolute atomic E-state index is 2.49. The maximum Gasteiger partial charge on any atom is -0.0154 e. The molecule has 2 aromatic rings. The SMILES string of the molecule is CCCCCCCCC[C@H]1CC[C@H](CCc2ccc(-c3ccc(CC[C@H]4CC[C@H](CCCCCCCCC)CC4)c(C)c3)c(C)c2)CC1. The van der Waals surface area contributed by atoms with Gasteiger partial charge < -0.3 is 0 Å². The van der Waals surface area contributed by atoms with E-state index in [1.807, 2.05) is 0 Å². The number of hydrogen-bond donors (Lipinski definition) is 0. The van der Waals surface area contributed by atoms with E-state index in [1.54, 1.807) is 11.1 Å². The van der Waals surface area contributed by atoms with Crippen LogP contribution in [0, 0.1) is 37.5 Å². The molecule has 2 aromatic carbocycles. The van der Waals surface area contributed by atoms with E-state index >= 15 is 0 Å². The van der Waals surface area contributed by atoms with Crippen LogP contribution in [0.3, 0.4) is 0 Å². The average Bonchev–Trinajstić information content (AvgIpc) is 3.10. The van der Waals surface area contributed by atoms with Crippen molar-refractivity contribution < 1.29 is 0 Å². The van der Waals surface area contributed by atoms with Gasteiger partial charge >= 0.3 is 0 Å². The first kappa shape index (κ1) is 39.2. The summed E-state index contributed by atoms with van der Waals surface area (Å²) in [5.74, 6) is 3.96. The lowest BCUT2D eigenvalue weighted by atomic mass is 9.77. The Morgan fingerprint density at radius 3 is 1.38 bits per heavy atom. The van der Waals surface area contributed by atoms with Crippen LogP contribution >= 0.6 is 0 Å². The molecular formula is C48H78. The van der Waals surface area contributed by atoms with Crippen molar-refractivity contribution in [3.05, 3.63) is 58.7 Å². The standard InChI is InChI=1S/C48H78/c1-5-7-9-11-13-15-17-19-41-21-25-43(26-22-41)29-30-45-32-36-48(40(4)37-45)47-35-34-46(39(3)38-47)33-31-44-27-23-42(24-28-44)20-18-16-14-12-10-8-6-2/h32,34-38,41-44H,5-31,33H2,1-4H3/t41-,42-,43-,44-. The lowest BCUT2D eigenvalue weighted by Gasteiger charge is -2.29. The van der Waals surface area contributed by atoms with E-state index in [1.165, 1.54) is 202 Å². The zero-order chi connectivity index (χ0) is 33.8. The van der Waals surface area contributed by atoms with Crippen molar-refractivity contribution in [2.24, 2.45) is 23.7 Å². The van der Waals surface area contributed by atoms with E-state index in [-0.39, 0.29) is 0 Å². The molecule has 0 aromatic heterocycles. The summed E-state index contributed by atoms with van der Waals surface area (Å²) in [6.45, 7) is 9.32. The van der Waals surface area contributed by atoms with E-state index in [4.69, 9.17) is 0 Å². The van der Waals surface area contributed by atoms with Gasteiger partial charge in [0.1, 0.15) is 0 Å². The van der Waals surface area contributed by atoms with Gasteiger partial charge in [-0.15, -0.1) is 0 Å². The van der Waals surface area contributed by atoms with E-state index in [9.17, 15) is 0 Å². The predicted octanol–water partition coefficient (Wildman–Crippen LogP) is 15.7. The first-order chi connectivity index (χ1) is 23.6. The third-order valence-electron chi connectivity index (χ3n) is 13.0. The Kier molecular flexibility index (Phi) is 18.8. The van der Waals surface area contributed by atoms with Gasteiger partial charge in [0.05, 0.1) is 0 Å². The molecule has 0 radical (unpaired) electrons. The minimum atomic E-state index is 0.953. The van der Waals surface area contributed by atoms with Crippen LogP contribution in [0.4, 0.5) is 0 Å². The Morgan fingerprint density at radius 1 is 0.438 bits per heavy atom. The summed E-state index contributed by atoms with van der Waals surface area (Å²) < 4.78 is 0. The van der Waals surface area contributed by atoms with E-state index in [0.717, 1.165) is 23.7 Å². The van der Waals surface area contributed by atoms with E-state index in [0.29, 0.717) is 0 Å². The highest BCUT2D eigenvalue weighted by Gasteiger charge is 2.22. The highest BCUT2D eigenvalue weighted by molar-refractivity contribution is 5.68. The summed E-state index contributed by atoms with van der Waals surface area (Å²) in [7, 11) is 0. The molecule has 2 aliphatic carbocycles.